The average molecular weight is 2060 g/mol. The molecule has 1 fully saturated rings. The Labute approximate surface area is 829 Å². The van der Waals surface area contributed by atoms with Crippen LogP contribution in [0.4, 0.5) is 0 Å². The summed E-state index contributed by atoms with van der Waals surface area (Å²) in [6.45, 7) is 8.61. The molecule has 48 nitrogen and oxygen atoms in total. The number of phenolic OH excluding ortho intramolecular Hbond substituents is 1. The van der Waals surface area contributed by atoms with E-state index in [4.69, 9.17) is 5.73 Å². The highest BCUT2D eigenvalue weighted by Gasteiger charge is 2.41. The minimum absolute atomic E-state index is 0.102. The van der Waals surface area contributed by atoms with E-state index in [9.17, 15) is 141 Å². The first kappa shape index (κ1) is 121. The molecule has 2 unspecified atom stereocenters. The number of carbonyl (C=O) groups is 22. The van der Waals surface area contributed by atoms with Gasteiger partial charge in [-0.3, -0.25) is 111 Å². The quantitative estimate of drug-likeness (QED) is 0.0250. The Balaban J connectivity index is 1.52. The molecule has 1 aliphatic rings. The number of hydrogen-bond acceptors (Lipinski definition) is 31. The lowest BCUT2D eigenvalue weighted by Gasteiger charge is -2.29. The first-order chi connectivity index (χ1) is 66.5. The molecule has 0 saturated carbocycles. The Morgan fingerprint density at radius 2 is 0.766 bits per heavy atom. The van der Waals surface area contributed by atoms with Gasteiger partial charge in [-0.1, -0.05) is 112 Å². The molecule has 18 atom stereocenters. The molecule has 0 aliphatic carbocycles. The predicted molar refractivity (Wildman–Crippen MR) is 516 cm³/mol. The van der Waals surface area contributed by atoms with Gasteiger partial charge in [-0.15, -0.1) is 11.8 Å². The number of aromatic hydroxyl groups is 1. The maximum absolute atomic E-state index is 14.7. The van der Waals surface area contributed by atoms with Crippen molar-refractivity contribution in [1.29, 1.82) is 0 Å². The fraction of sp³-hybridized carbons (Fsp3) is 0.551. The van der Waals surface area contributed by atoms with Crippen molar-refractivity contribution in [3.8, 4) is 5.75 Å². The van der Waals surface area contributed by atoms with Crippen LogP contribution < -0.4 is 101 Å². The van der Waals surface area contributed by atoms with Crippen LogP contribution in [0.3, 0.4) is 0 Å². The second kappa shape index (κ2) is 62.4. The number of amides is 18. The third kappa shape index (κ3) is 45.2. The highest BCUT2D eigenvalue weighted by molar-refractivity contribution is 8.13. The predicted octanol–water partition coefficient (Wildman–Crippen LogP) is -6.11. The number of nitrogens with one attached hydrogen (secondary N) is 18. The molecule has 27 N–H and O–H groups in total. The van der Waals surface area contributed by atoms with E-state index in [1.54, 1.807) is 88.7 Å². The van der Waals surface area contributed by atoms with E-state index in [2.05, 4.69) is 90.4 Å². The average Bonchev–Trinajstić information content (AvgIpc) is 1.37. The standard InChI is InChI=1S/C89H129N19O29S4/c1-44(2)31-57(80(128)102-62(36-69(117)118)84(132)103-63(37-70(119)120)85(133)106-64(40-109)77(125)92-39-71(121)141-41-52-19-15-12-16-20-52)101-82(130)59(33-50-17-13-11-14-18-50)104-89(137)73(49(8)111)108-86(134)58(32-45(3)4)100-78(126)54(25-26-68(115)116)97-83(131)61(35-66(90)113)96-67(114)38-91-76(124)55(27-29-138-9)98-79(127)56(28-30-139-10)99-81(129)60(34-51-21-23-53(112)24-22-51)105-88(136)72(48(7)110)107-75(123)47(6)94-74(122)46(5)95-87(135)65-42-140-43-93-65/h11-24,44-49,54-65,72-73,93,109-112H,25-43H2,1-10H3,(H2,90,113)(H,91,124)(H,92,125)(H,94,122)(H,95,135)(H,96,114)(H,97,131)(H,98,127)(H,99,129)(H,100,126)(H,101,130)(H,102,128)(H,103,132)(H,104,137)(H,105,136)(H,106,133)(H,107,123)(H,108,134)(H,115,116)(H,117,118)(H,119,120)/t46-,47-,48?,49?,54-,55-,56-,57-,58-,59-,60-,61-,62-,63-,64-,65-,72-,73-/m0/s1. The number of rotatable bonds is 63. The second-order valence-corrected chi connectivity index (χ2v) is 37.9. The number of carboxylic acid groups (broad SMARTS) is 3. The Morgan fingerprint density at radius 1 is 0.397 bits per heavy atom. The molecule has 3 aromatic carbocycles. The third-order valence-corrected chi connectivity index (χ3v) is 24.2. The lowest BCUT2D eigenvalue weighted by molar-refractivity contribution is -0.143. The molecule has 0 radical (unpaired) electrons. The van der Waals surface area contributed by atoms with Crippen molar-refractivity contribution < 1.29 is 141 Å². The van der Waals surface area contributed by atoms with Crippen molar-refractivity contribution in [1.82, 2.24) is 95.7 Å². The van der Waals surface area contributed by atoms with Crippen molar-refractivity contribution in [3.05, 3.63) is 102 Å². The highest BCUT2D eigenvalue weighted by atomic mass is 32.2. The van der Waals surface area contributed by atoms with Crippen molar-refractivity contribution >= 4 is 176 Å². The Hall–Kier alpha value is -12.8. The number of nitrogens with two attached hydrogens (primary N) is 1. The van der Waals surface area contributed by atoms with E-state index in [0.29, 0.717) is 22.8 Å². The van der Waals surface area contributed by atoms with Crippen molar-refractivity contribution in [3.63, 3.8) is 0 Å². The number of aliphatic carboxylic acids is 3. The van der Waals surface area contributed by atoms with Gasteiger partial charge in [0.15, 0.2) is 0 Å². The number of hydrogen-bond donors (Lipinski definition) is 26. The summed E-state index contributed by atoms with van der Waals surface area (Å²) in [5.74, 6) is -24.5. The summed E-state index contributed by atoms with van der Waals surface area (Å²) in [7, 11) is 0. The van der Waals surface area contributed by atoms with Gasteiger partial charge in [0.25, 0.3) is 0 Å². The lowest BCUT2D eigenvalue weighted by Crippen LogP contribution is -2.62. The smallest absolute Gasteiger partial charge is 0.305 e. The number of carbonyl (C=O) groups excluding carboxylic acids is 19. The van der Waals surface area contributed by atoms with Crippen LogP contribution in [-0.4, -0.2) is 329 Å². The number of benzene rings is 3. The zero-order valence-corrected chi connectivity index (χ0v) is 82.7. The number of carboxylic acids is 3. The highest BCUT2D eigenvalue weighted by Crippen LogP contribution is 2.19. The first-order valence-electron chi connectivity index (χ1n) is 44.8. The zero-order valence-electron chi connectivity index (χ0n) is 79.4. The summed E-state index contributed by atoms with van der Waals surface area (Å²) in [6.07, 6.45) is -6.66. The molecule has 52 heteroatoms. The Morgan fingerprint density at radius 3 is 1.20 bits per heavy atom. The van der Waals surface area contributed by atoms with Gasteiger partial charge in [0, 0.05) is 36.6 Å². The van der Waals surface area contributed by atoms with E-state index < -0.39 is 302 Å². The lowest BCUT2D eigenvalue weighted by atomic mass is 9.99. The van der Waals surface area contributed by atoms with Gasteiger partial charge in [-0.2, -0.15) is 23.5 Å². The van der Waals surface area contributed by atoms with Gasteiger partial charge in [-0.05, 0) is 124 Å². The first-order valence-corrected chi connectivity index (χ1v) is 49.8. The van der Waals surface area contributed by atoms with Crippen molar-refractivity contribution in [2.45, 2.75) is 241 Å². The summed E-state index contributed by atoms with van der Waals surface area (Å²) in [5.41, 5.74) is 7.04. The summed E-state index contributed by atoms with van der Waals surface area (Å²) < 4.78 is 0. The topological polar surface area (TPSA) is 760 Å². The molecular weight excluding hydrogens is 1930 g/mol. The van der Waals surface area contributed by atoms with Gasteiger partial charge in [0.1, 0.15) is 96.4 Å². The zero-order chi connectivity index (χ0) is 105. The molecule has 4 rings (SSSR count). The van der Waals surface area contributed by atoms with Crippen LogP contribution >= 0.6 is 47.0 Å². The molecule has 1 aliphatic heterocycles. The minimum atomic E-state index is -2.15. The Bertz CT molecular complexity index is 4800. The van der Waals surface area contributed by atoms with Gasteiger partial charge < -0.3 is 132 Å². The molecule has 0 aromatic heterocycles. The SMILES string of the molecule is CSCC[C@H](NC(=O)[C@H](CCSC)NC(=O)[C@H](Cc1ccc(O)cc1)NC(=O)[C@@H](NC(=O)[C@H](C)NC(=O)[C@H](C)NC(=O)[C@@H]1CSCN1)C(C)O)C(=O)NCC(=O)N[C@@H](CC(N)=O)C(=O)N[C@@H](CCC(=O)O)C(=O)N[C@@H](CC(C)C)C(=O)N[C@H](C(=O)N[C@@H](Cc1ccccc1)C(=O)N[C@@H](CC(C)C)C(=O)N[C@@H](CC(=O)O)C(=O)N[C@@H](CC(=O)O)C(=O)N[C@@H](CO)C(=O)NCC(=O)SCc1ccccc1)C(C)O. The van der Waals surface area contributed by atoms with Crippen LogP contribution in [-0.2, 0) is 124 Å². The molecule has 3 aromatic rings. The number of thioether (sulfide) groups is 4. The fourth-order valence-electron chi connectivity index (χ4n) is 13.5. The third-order valence-electron chi connectivity index (χ3n) is 21.0. The van der Waals surface area contributed by atoms with Crippen LogP contribution in [0.1, 0.15) is 130 Å². The maximum Gasteiger partial charge on any atom is 0.305 e. The molecule has 1 heterocycles. The largest absolute Gasteiger partial charge is 0.508 e. The van der Waals surface area contributed by atoms with Gasteiger partial charge in [-0.25, -0.2) is 0 Å². The van der Waals surface area contributed by atoms with E-state index in [0.717, 1.165) is 31.2 Å². The summed E-state index contributed by atoms with van der Waals surface area (Å²) >= 11 is 4.83. The molecular formula is C89H129N19O29S4. The Kier molecular flexibility index (Phi) is 53.4. The van der Waals surface area contributed by atoms with Crippen LogP contribution in [0.2, 0.25) is 0 Å². The molecule has 778 valence electrons. The second-order valence-electron chi connectivity index (χ2n) is 33.9. The monoisotopic (exact) mass is 2060 g/mol. The van der Waals surface area contributed by atoms with Crippen LogP contribution in [0.25, 0.3) is 0 Å². The van der Waals surface area contributed by atoms with Crippen molar-refractivity contribution in [2.75, 3.05) is 55.3 Å². The number of aliphatic hydroxyl groups excluding tert-OH is 3. The van der Waals surface area contributed by atoms with Gasteiger partial charge in [0.05, 0.1) is 57.2 Å². The molecule has 0 bridgehead atoms. The summed E-state index contributed by atoms with van der Waals surface area (Å²) in [5, 5.41) is 114. The minimum Gasteiger partial charge on any atom is -0.508 e. The maximum atomic E-state index is 14.7. The van der Waals surface area contributed by atoms with E-state index in [-0.39, 0.29) is 61.5 Å². The number of aliphatic hydroxyl groups is 3. The van der Waals surface area contributed by atoms with E-state index in [1.807, 2.05) is 5.32 Å². The van der Waals surface area contributed by atoms with Gasteiger partial charge >= 0.3 is 17.9 Å². The van der Waals surface area contributed by atoms with Gasteiger partial charge in [0.2, 0.25) is 111 Å². The molecule has 18 amide bonds. The van der Waals surface area contributed by atoms with Crippen molar-refractivity contribution in [2.24, 2.45) is 17.6 Å². The number of primary amides is 1. The van der Waals surface area contributed by atoms with E-state index >= 15 is 0 Å². The normalized spacial score (nSPS) is 15.8. The van der Waals surface area contributed by atoms with E-state index in [1.165, 1.54) is 85.5 Å². The van der Waals surface area contributed by atoms with Crippen LogP contribution in [0.15, 0.2) is 84.9 Å². The molecule has 1 saturated heterocycles. The summed E-state index contributed by atoms with van der Waals surface area (Å²) in [6, 6.07) is -4.48. The van der Waals surface area contributed by atoms with Crippen LogP contribution in [0, 0.1) is 11.8 Å². The molecule has 0 spiro atoms. The van der Waals surface area contributed by atoms with Crippen LogP contribution in [0.5, 0.6) is 5.75 Å². The summed E-state index contributed by atoms with van der Waals surface area (Å²) in [4.78, 5) is 300. The number of phenols is 1. The molecule has 141 heavy (non-hydrogen) atoms. The fourth-order valence-corrected chi connectivity index (χ4v) is 16.0.